The molecule has 0 aliphatic rings. The fourth-order valence-electron chi connectivity index (χ4n) is 4.27. The molecule has 5 aromatic rings. The molecule has 0 atom stereocenters. The van der Waals surface area contributed by atoms with Gasteiger partial charge < -0.3 is 0 Å². The van der Waals surface area contributed by atoms with E-state index in [9.17, 15) is 39.5 Å². The Bertz CT molecular complexity index is 1710. The van der Waals surface area contributed by atoms with E-state index < -0.39 is 85.5 Å². The van der Waals surface area contributed by atoms with Gasteiger partial charge in [0.25, 0.3) is 0 Å². The highest BCUT2D eigenvalue weighted by Gasteiger charge is 2.31. The minimum Gasteiger partial charge on any atom is -0.206 e. The summed E-state index contributed by atoms with van der Waals surface area (Å²) in [7, 11) is 0. The van der Waals surface area contributed by atoms with Crippen molar-refractivity contribution in [3.8, 4) is 22.3 Å². The van der Waals surface area contributed by atoms with Crippen LogP contribution >= 0.6 is 0 Å². The van der Waals surface area contributed by atoms with Gasteiger partial charge in [-0.2, -0.15) is 0 Å². The Kier molecular flexibility index (Phi) is 5.42. The van der Waals surface area contributed by atoms with Gasteiger partial charge in [0.15, 0.2) is 46.5 Å². The van der Waals surface area contributed by atoms with Gasteiger partial charge in [0.05, 0.1) is 5.56 Å². The van der Waals surface area contributed by atoms with Crippen molar-refractivity contribution in [3.05, 3.63) is 107 Å². The summed E-state index contributed by atoms with van der Waals surface area (Å²) in [6.45, 7) is 0. The smallest absolute Gasteiger partial charge is 0.200 e. The first kappa shape index (κ1) is 23.7. The Morgan fingerprint density at radius 2 is 0.889 bits per heavy atom. The van der Waals surface area contributed by atoms with E-state index in [2.05, 4.69) is 0 Å². The second kappa shape index (κ2) is 8.25. The highest BCUT2D eigenvalue weighted by molar-refractivity contribution is 6.21. The fourth-order valence-corrected chi connectivity index (χ4v) is 4.27. The molecular weight excluding hydrogens is 502 g/mol. The molecule has 0 fully saturated rings. The van der Waals surface area contributed by atoms with Gasteiger partial charge in [-0.3, -0.25) is 0 Å². The van der Waals surface area contributed by atoms with Gasteiger partial charge in [0.1, 0.15) is 5.82 Å². The normalized spacial score (nSPS) is 11.6. The number of hydrogen-bond donors (Lipinski definition) is 0. The van der Waals surface area contributed by atoms with Crippen molar-refractivity contribution < 1.29 is 43.9 Å². The second-order valence-corrected chi connectivity index (χ2v) is 7.80. The van der Waals surface area contributed by atoms with Crippen LogP contribution in [-0.4, -0.2) is 0 Å². The third kappa shape index (κ3) is 3.31. The molecule has 10 heteroatoms. The van der Waals surface area contributed by atoms with Crippen molar-refractivity contribution in [3.63, 3.8) is 0 Å². The summed E-state index contributed by atoms with van der Waals surface area (Å²) >= 11 is 0. The molecule has 5 aromatic carbocycles. The summed E-state index contributed by atoms with van der Waals surface area (Å²) in [5.41, 5.74) is -2.89. The number of rotatable bonds is 2. The van der Waals surface area contributed by atoms with Gasteiger partial charge in [-0.1, -0.05) is 18.2 Å². The van der Waals surface area contributed by atoms with Crippen LogP contribution < -0.4 is 0 Å². The van der Waals surface area contributed by atoms with Gasteiger partial charge in [-0.15, -0.1) is 0 Å². The minimum atomic E-state index is -2.47. The van der Waals surface area contributed by atoms with Crippen molar-refractivity contribution in [2.45, 2.75) is 0 Å². The van der Waals surface area contributed by atoms with Crippen LogP contribution in [-0.2, 0) is 0 Å². The van der Waals surface area contributed by atoms with Crippen LogP contribution in [0.1, 0.15) is 0 Å². The van der Waals surface area contributed by atoms with Gasteiger partial charge in [-0.05, 0) is 57.6 Å². The quantitative estimate of drug-likeness (QED) is 0.0965. The number of benzene rings is 5. The predicted molar refractivity (Wildman–Crippen MR) is 112 cm³/mol. The molecular formula is C26H8F10. The van der Waals surface area contributed by atoms with Gasteiger partial charge in [0, 0.05) is 10.9 Å². The van der Waals surface area contributed by atoms with Gasteiger partial charge in [0.2, 0.25) is 5.82 Å². The summed E-state index contributed by atoms with van der Waals surface area (Å²) in [6.07, 6.45) is 0. The van der Waals surface area contributed by atoms with E-state index >= 15 is 4.39 Å². The van der Waals surface area contributed by atoms with E-state index in [1.54, 1.807) is 0 Å². The van der Waals surface area contributed by atoms with E-state index in [0.29, 0.717) is 24.3 Å². The highest BCUT2D eigenvalue weighted by Crippen LogP contribution is 2.47. The van der Waals surface area contributed by atoms with Gasteiger partial charge >= 0.3 is 0 Å². The molecule has 36 heavy (non-hydrogen) atoms. The molecule has 0 aliphatic carbocycles. The van der Waals surface area contributed by atoms with E-state index in [-0.39, 0.29) is 16.5 Å². The van der Waals surface area contributed by atoms with Gasteiger partial charge in [-0.25, -0.2) is 43.9 Å². The maximum Gasteiger partial charge on any atom is 0.200 e. The average molecular weight is 510 g/mol. The lowest BCUT2D eigenvalue weighted by atomic mass is 9.85. The first-order chi connectivity index (χ1) is 17.0. The van der Waals surface area contributed by atoms with Crippen molar-refractivity contribution >= 4 is 21.5 Å². The lowest BCUT2D eigenvalue weighted by molar-refractivity contribution is 0.381. The van der Waals surface area contributed by atoms with E-state index in [1.165, 1.54) is 0 Å². The lowest BCUT2D eigenvalue weighted by Gasteiger charge is -2.19. The third-order valence-corrected chi connectivity index (χ3v) is 5.80. The minimum absolute atomic E-state index is 0.163. The lowest BCUT2D eigenvalue weighted by Crippen LogP contribution is -2.06. The standard InChI is InChI=1S/C26H8F10/c27-13-5-4-9(6-15(13)29)18-10-2-1-3-14(28)19(10)20(12-8-17(31)16(30)7-11(12)18)21-22(32)24(34)26(36)25(35)23(21)33/h1-8H. The zero-order valence-electron chi connectivity index (χ0n) is 17.4. The van der Waals surface area contributed by atoms with Crippen LogP contribution in [0, 0.1) is 58.2 Å². The SMILES string of the molecule is Fc1ccc(-c2c3cc(F)c(F)cc3c(-c3c(F)c(F)c(F)c(F)c3F)c3c(F)cccc23)cc1F. The molecule has 0 nitrogen and oxygen atoms in total. The molecule has 0 bridgehead atoms. The molecule has 5 rings (SSSR count). The number of hydrogen-bond acceptors (Lipinski definition) is 0. The largest absolute Gasteiger partial charge is 0.206 e. The number of fused-ring (bicyclic) bond motifs is 2. The van der Waals surface area contributed by atoms with Crippen molar-refractivity contribution in [2.24, 2.45) is 0 Å². The van der Waals surface area contributed by atoms with E-state index in [1.807, 2.05) is 0 Å². The van der Waals surface area contributed by atoms with Crippen LogP contribution in [0.15, 0.2) is 48.5 Å². The van der Waals surface area contributed by atoms with Crippen LogP contribution in [0.4, 0.5) is 43.9 Å². The number of halogens is 10. The second-order valence-electron chi connectivity index (χ2n) is 7.80. The molecule has 0 amide bonds. The molecule has 182 valence electrons. The summed E-state index contributed by atoms with van der Waals surface area (Å²) in [5, 5.41) is -2.04. The van der Waals surface area contributed by atoms with Crippen LogP contribution in [0.5, 0.6) is 0 Å². The Balaban J connectivity index is 2.11. The Labute approximate surface area is 195 Å². The molecule has 0 radical (unpaired) electrons. The summed E-state index contributed by atoms with van der Waals surface area (Å²) < 4.78 is 143. The van der Waals surface area contributed by atoms with Crippen molar-refractivity contribution in [1.82, 2.24) is 0 Å². The monoisotopic (exact) mass is 510 g/mol. The summed E-state index contributed by atoms with van der Waals surface area (Å²) in [6, 6.07) is 6.44. The summed E-state index contributed by atoms with van der Waals surface area (Å²) in [5.74, 6) is -18.7. The van der Waals surface area contributed by atoms with Crippen molar-refractivity contribution in [1.29, 1.82) is 0 Å². The Morgan fingerprint density at radius 1 is 0.361 bits per heavy atom. The maximum absolute atomic E-state index is 15.2. The van der Waals surface area contributed by atoms with E-state index in [4.69, 9.17) is 0 Å². The third-order valence-electron chi connectivity index (χ3n) is 5.80. The molecule has 0 saturated heterocycles. The van der Waals surface area contributed by atoms with Crippen molar-refractivity contribution in [2.75, 3.05) is 0 Å². The topological polar surface area (TPSA) is 0 Å². The molecule has 0 saturated carbocycles. The van der Waals surface area contributed by atoms with E-state index in [0.717, 1.165) is 24.3 Å². The predicted octanol–water partition coefficient (Wildman–Crippen LogP) is 8.72. The average Bonchev–Trinajstić information content (AvgIpc) is 2.84. The molecule has 0 N–H and O–H groups in total. The molecule has 0 spiro atoms. The van der Waals surface area contributed by atoms with Crippen LogP contribution in [0.25, 0.3) is 43.8 Å². The first-order valence-electron chi connectivity index (χ1n) is 10.0. The molecule has 0 aliphatic heterocycles. The highest BCUT2D eigenvalue weighted by atomic mass is 19.2. The Morgan fingerprint density at radius 3 is 1.47 bits per heavy atom. The fraction of sp³-hybridized carbons (Fsp3) is 0. The molecule has 0 aromatic heterocycles. The van der Waals surface area contributed by atoms with Crippen LogP contribution in [0.2, 0.25) is 0 Å². The molecule has 0 unspecified atom stereocenters. The Hall–Kier alpha value is -4.08. The zero-order chi connectivity index (χ0) is 26.0. The molecule has 0 heterocycles. The maximum atomic E-state index is 15.2. The summed E-state index contributed by atoms with van der Waals surface area (Å²) in [4.78, 5) is 0. The first-order valence-corrected chi connectivity index (χ1v) is 10.0. The zero-order valence-corrected chi connectivity index (χ0v) is 17.4. The van der Waals surface area contributed by atoms with Crippen LogP contribution in [0.3, 0.4) is 0 Å².